The summed E-state index contributed by atoms with van der Waals surface area (Å²) in [6.07, 6.45) is 2.97. The summed E-state index contributed by atoms with van der Waals surface area (Å²) < 4.78 is 0. The summed E-state index contributed by atoms with van der Waals surface area (Å²) in [5.74, 6) is 0.335. The molecule has 0 radical (unpaired) electrons. The average molecular weight is 231 g/mol. The van der Waals surface area contributed by atoms with Gasteiger partial charge in [0.15, 0.2) is 0 Å². The lowest BCUT2D eigenvalue weighted by Crippen LogP contribution is -2.49. The van der Waals surface area contributed by atoms with E-state index < -0.39 is 0 Å². The molecule has 1 unspecified atom stereocenters. The summed E-state index contributed by atoms with van der Waals surface area (Å²) in [7, 11) is 0. The summed E-state index contributed by atoms with van der Waals surface area (Å²) in [6.45, 7) is 6.21. The van der Waals surface area contributed by atoms with Crippen LogP contribution < -0.4 is 0 Å². The Morgan fingerprint density at radius 2 is 2.12 bits per heavy atom. The molecule has 0 saturated heterocycles. The molecule has 1 aromatic rings. The van der Waals surface area contributed by atoms with Crippen LogP contribution in [0, 0.1) is 11.3 Å². The second-order valence-electron chi connectivity index (χ2n) is 4.65. The van der Waals surface area contributed by atoms with Gasteiger partial charge in [-0.05, 0) is 25.0 Å². The highest BCUT2D eigenvalue weighted by atomic mass is 16.2. The largest absolute Gasteiger partial charge is 0.360 e. The van der Waals surface area contributed by atoms with Crippen molar-refractivity contribution in [2.45, 2.75) is 26.8 Å². The molecule has 90 valence electrons. The van der Waals surface area contributed by atoms with Crippen LogP contribution in [-0.4, -0.2) is 28.0 Å². The first-order chi connectivity index (χ1) is 8.07. The zero-order valence-corrected chi connectivity index (χ0v) is 10.3. The van der Waals surface area contributed by atoms with Crippen molar-refractivity contribution in [2.75, 3.05) is 0 Å². The standard InChI is InChI=1S/C13H17N3O/c1-8(2)9(3)16-12(10(7-14)13(16)17)11-5-4-6-15-11/h4-9,14-15H,1-3H3. The van der Waals surface area contributed by atoms with Gasteiger partial charge in [-0.3, -0.25) is 4.79 Å². The van der Waals surface area contributed by atoms with Gasteiger partial charge in [-0.2, -0.15) is 0 Å². The van der Waals surface area contributed by atoms with E-state index in [1.807, 2.05) is 25.3 Å². The molecule has 1 aromatic heterocycles. The number of hydrogen-bond donors (Lipinski definition) is 2. The van der Waals surface area contributed by atoms with E-state index in [2.05, 4.69) is 18.8 Å². The van der Waals surface area contributed by atoms with Crippen LogP contribution in [0.1, 0.15) is 26.5 Å². The van der Waals surface area contributed by atoms with Crippen LogP contribution in [0.4, 0.5) is 0 Å². The van der Waals surface area contributed by atoms with Crippen LogP contribution in [0.15, 0.2) is 23.9 Å². The van der Waals surface area contributed by atoms with Crippen molar-refractivity contribution >= 4 is 17.8 Å². The predicted octanol–water partition coefficient (Wildman–Crippen LogP) is 2.26. The quantitative estimate of drug-likeness (QED) is 0.767. The third-order valence-corrected chi connectivity index (χ3v) is 3.31. The Morgan fingerprint density at radius 1 is 1.41 bits per heavy atom. The number of carbonyl (C=O) groups is 1. The highest BCUT2D eigenvalue weighted by Crippen LogP contribution is 2.35. The molecule has 4 heteroatoms. The molecular weight excluding hydrogens is 214 g/mol. The van der Waals surface area contributed by atoms with E-state index in [4.69, 9.17) is 5.41 Å². The first-order valence-corrected chi connectivity index (χ1v) is 5.80. The minimum atomic E-state index is -0.0502. The average Bonchev–Trinajstić information content (AvgIpc) is 2.78. The van der Waals surface area contributed by atoms with Crippen molar-refractivity contribution in [3.63, 3.8) is 0 Å². The normalized spacial score (nSPS) is 17.4. The van der Waals surface area contributed by atoms with Gasteiger partial charge in [0.2, 0.25) is 0 Å². The molecule has 0 aromatic carbocycles. The summed E-state index contributed by atoms with van der Waals surface area (Å²) in [4.78, 5) is 16.8. The molecule has 0 spiro atoms. The zero-order valence-electron chi connectivity index (χ0n) is 10.3. The molecular formula is C13H17N3O. The van der Waals surface area contributed by atoms with Crippen molar-refractivity contribution in [3.05, 3.63) is 29.6 Å². The van der Waals surface area contributed by atoms with Crippen LogP contribution >= 0.6 is 0 Å². The topological polar surface area (TPSA) is 60.0 Å². The third-order valence-electron chi connectivity index (χ3n) is 3.31. The Kier molecular flexibility index (Phi) is 2.88. The van der Waals surface area contributed by atoms with Gasteiger partial charge in [-0.25, -0.2) is 0 Å². The molecule has 1 aliphatic heterocycles. The number of hydrogen-bond acceptors (Lipinski definition) is 2. The molecule has 2 heterocycles. The number of carbonyl (C=O) groups excluding carboxylic acids is 1. The summed E-state index contributed by atoms with van der Waals surface area (Å²) in [6, 6.07) is 3.96. The SMILES string of the molecule is CC(C)C(C)N1C(=O)C(C=N)=C1c1ccc[nH]1. The molecule has 2 rings (SSSR count). The van der Waals surface area contributed by atoms with E-state index in [1.165, 1.54) is 0 Å². The highest BCUT2D eigenvalue weighted by Gasteiger charge is 2.40. The van der Waals surface area contributed by atoms with Crippen molar-refractivity contribution < 1.29 is 4.79 Å². The molecule has 0 fully saturated rings. The first kappa shape index (κ1) is 11.6. The van der Waals surface area contributed by atoms with Gasteiger partial charge in [-0.1, -0.05) is 13.8 Å². The second kappa shape index (κ2) is 4.20. The smallest absolute Gasteiger partial charge is 0.262 e. The number of aromatic amines is 1. The van der Waals surface area contributed by atoms with Crippen molar-refractivity contribution in [2.24, 2.45) is 5.92 Å². The molecule has 2 N–H and O–H groups in total. The zero-order chi connectivity index (χ0) is 12.6. The van der Waals surface area contributed by atoms with Gasteiger partial charge < -0.3 is 15.3 Å². The molecule has 17 heavy (non-hydrogen) atoms. The van der Waals surface area contributed by atoms with Crippen molar-refractivity contribution in [3.8, 4) is 0 Å². The van der Waals surface area contributed by atoms with Crippen LogP contribution in [0.3, 0.4) is 0 Å². The van der Waals surface area contributed by atoms with E-state index in [0.29, 0.717) is 11.5 Å². The predicted molar refractivity (Wildman–Crippen MR) is 67.6 cm³/mol. The van der Waals surface area contributed by atoms with E-state index >= 15 is 0 Å². The van der Waals surface area contributed by atoms with Gasteiger partial charge in [0, 0.05) is 18.5 Å². The number of nitrogens with zero attached hydrogens (tertiary/aromatic N) is 1. The fourth-order valence-electron chi connectivity index (χ4n) is 1.98. The van der Waals surface area contributed by atoms with Gasteiger partial charge in [0.25, 0.3) is 5.91 Å². The minimum absolute atomic E-state index is 0.0502. The summed E-state index contributed by atoms with van der Waals surface area (Å²) in [5, 5.41) is 7.32. The molecule has 1 atom stereocenters. The van der Waals surface area contributed by atoms with Crippen molar-refractivity contribution in [1.29, 1.82) is 5.41 Å². The van der Waals surface area contributed by atoms with Crippen LogP contribution in [-0.2, 0) is 4.79 Å². The maximum absolute atomic E-state index is 11.9. The number of H-pyrrole nitrogens is 1. The molecule has 0 saturated carbocycles. The Morgan fingerprint density at radius 3 is 2.59 bits per heavy atom. The monoisotopic (exact) mass is 231 g/mol. The molecule has 1 amide bonds. The van der Waals surface area contributed by atoms with E-state index in [1.54, 1.807) is 4.90 Å². The fourth-order valence-corrected chi connectivity index (χ4v) is 1.98. The van der Waals surface area contributed by atoms with Crippen LogP contribution in [0.25, 0.3) is 5.70 Å². The lowest BCUT2D eigenvalue weighted by Gasteiger charge is -2.40. The molecule has 0 aliphatic carbocycles. The Hall–Kier alpha value is -1.84. The third kappa shape index (κ3) is 1.69. The molecule has 1 aliphatic rings. The minimum Gasteiger partial charge on any atom is -0.360 e. The van der Waals surface area contributed by atoms with Gasteiger partial charge >= 0.3 is 0 Å². The summed E-state index contributed by atoms with van der Waals surface area (Å²) in [5.41, 5.74) is 2.23. The number of amides is 1. The van der Waals surface area contributed by atoms with E-state index in [0.717, 1.165) is 17.6 Å². The van der Waals surface area contributed by atoms with Crippen LogP contribution in [0.2, 0.25) is 0 Å². The Labute approximate surface area is 101 Å². The van der Waals surface area contributed by atoms with E-state index in [-0.39, 0.29) is 11.9 Å². The first-order valence-electron chi connectivity index (χ1n) is 5.80. The second-order valence-corrected chi connectivity index (χ2v) is 4.65. The van der Waals surface area contributed by atoms with E-state index in [9.17, 15) is 4.79 Å². The van der Waals surface area contributed by atoms with Gasteiger partial charge in [0.1, 0.15) is 0 Å². The Balaban J connectivity index is 2.41. The molecule has 0 bridgehead atoms. The Bertz CT molecular complexity index is 471. The van der Waals surface area contributed by atoms with Crippen molar-refractivity contribution in [1.82, 2.24) is 9.88 Å². The maximum atomic E-state index is 11.9. The van der Waals surface area contributed by atoms with Crippen LogP contribution in [0.5, 0.6) is 0 Å². The highest BCUT2D eigenvalue weighted by molar-refractivity contribution is 6.26. The lowest BCUT2D eigenvalue weighted by atomic mass is 9.94. The number of aromatic nitrogens is 1. The lowest BCUT2D eigenvalue weighted by molar-refractivity contribution is -0.128. The van der Waals surface area contributed by atoms with Gasteiger partial charge in [0.05, 0.1) is 17.0 Å². The molecule has 4 nitrogen and oxygen atoms in total. The number of nitrogens with one attached hydrogen (secondary N) is 2. The number of rotatable bonds is 4. The van der Waals surface area contributed by atoms with Gasteiger partial charge in [-0.15, -0.1) is 0 Å². The fraction of sp³-hybridized carbons (Fsp3) is 0.385. The maximum Gasteiger partial charge on any atom is 0.262 e. The summed E-state index contributed by atoms with van der Waals surface area (Å²) >= 11 is 0.